The summed E-state index contributed by atoms with van der Waals surface area (Å²) in [7, 11) is 0. The lowest BCUT2D eigenvalue weighted by Gasteiger charge is -2.26. The molecule has 0 radical (unpaired) electrons. The Hall–Kier alpha value is -0.550. The summed E-state index contributed by atoms with van der Waals surface area (Å²) in [6.07, 6.45) is 0. The topological polar surface area (TPSA) is 32.3 Å². The fraction of sp³-hybridized carbons (Fsp3) is 0.533. The first kappa shape index (κ1) is 15.8. The number of hydrogen-bond donors (Lipinski definition) is 1. The van der Waals surface area contributed by atoms with Crippen molar-refractivity contribution in [2.75, 3.05) is 32.7 Å². The summed E-state index contributed by atoms with van der Waals surface area (Å²) in [4.78, 5) is 15.8. The molecule has 1 aliphatic heterocycles. The molecule has 1 heterocycles. The number of thioether (sulfide) groups is 1. The molecule has 0 unspecified atom stereocenters. The van der Waals surface area contributed by atoms with Crippen LogP contribution in [0.2, 0.25) is 5.02 Å². The van der Waals surface area contributed by atoms with E-state index in [4.69, 9.17) is 11.6 Å². The summed E-state index contributed by atoms with van der Waals surface area (Å²) >= 11 is 7.77. The average molecular weight is 313 g/mol. The van der Waals surface area contributed by atoms with E-state index in [1.807, 2.05) is 12.1 Å². The lowest BCUT2D eigenvalue weighted by atomic mass is 10.1. The summed E-state index contributed by atoms with van der Waals surface area (Å²) in [5.74, 6) is 0.164. The molecule has 0 aliphatic carbocycles. The second-order valence-electron chi connectivity index (χ2n) is 5.26. The molecule has 20 heavy (non-hydrogen) atoms. The number of rotatable bonds is 5. The van der Waals surface area contributed by atoms with Crippen LogP contribution in [-0.2, 0) is 0 Å². The number of halogens is 1. The van der Waals surface area contributed by atoms with Crippen LogP contribution in [0.3, 0.4) is 0 Å². The Labute approximate surface area is 130 Å². The minimum Gasteiger partial charge on any atom is -0.314 e. The van der Waals surface area contributed by atoms with Crippen molar-refractivity contribution in [1.82, 2.24) is 10.2 Å². The molecule has 0 spiro atoms. The lowest BCUT2D eigenvalue weighted by Crippen LogP contribution is -2.45. The maximum atomic E-state index is 12.5. The van der Waals surface area contributed by atoms with E-state index in [1.165, 1.54) is 0 Å². The molecule has 0 aromatic heterocycles. The molecule has 1 aromatic carbocycles. The monoisotopic (exact) mass is 312 g/mol. The first-order valence-electron chi connectivity index (χ1n) is 6.99. The van der Waals surface area contributed by atoms with Crippen LogP contribution in [0.4, 0.5) is 0 Å². The van der Waals surface area contributed by atoms with Gasteiger partial charge in [0.25, 0.3) is 0 Å². The summed E-state index contributed by atoms with van der Waals surface area (Å²) in [5, 5.41) is 4.37. The zero-order valence-electron chi connectivity index (χ0n) is 12.0. The zero-order valence-corrected chi connectivity index (χ0v) is 13.6. The van der Waals surface area contributed by atoms with Crippen molar-refractivity contribution in [3.63, 3.8) is 0 Å². The lowest BCUT2D eigenvalue weighted by molar-refractivity contribution is 0.0918. The Morgan fingerprint density at radius 3 is 2.75 bits per heavy atom. The van der Waals surface area contributed by atoms with Gasteiger partial charge in [-0.1, -0.05) is 25.4 Å². The molecule has 1 fully saturated rings. The van der Waals surface area contributed by atoms with E-state index >= 15 is 0 Å². The molecule has 0 atom stereocenters. The third kappa shape index (κ3) is 4.48. The van der Waals surface area contributed by atoms with Crippen molar-refractivity contribution in [2.45, 2.75) is 24.0 Å². The van der Waals surface area contributed by atoms with E-state index in [1.54, 1.807) is 17.8 Å². The predicted molar refractivity (Wildman–Crippen MR) is 86.1 cm³/mol. The van der Waals surface area contributed by atoms with E-state index in [9.17, 15) is 4.79 Å². The standard InChI is InChI=1S/C15H21ClN2OS/c1-11(2)20-15-4-3-12(16)9-13(15)14(19)10-18-7-5-17-6-8-18/h3-4,9,11,17H,5-8,10H2,1-2H3. The number of benzene rings is 1. The average Bonchev–Trinajstić information content (AvgIpc) is 2.41. The number of nitrogens with zero attached hydrogens (tertiary/aromatic N) is 1. The number of nitrogens with one attached hydrogen (secondary N) is 1. The van der Waals surface area contributed by atoms with E-state index in [0.717, 1.165) is 36.6 Å². The highest BCUT2D eigenvalue weighted by Crippen LogP contribution is 2.29. The highest BCUT2D eigenvalue weighted by Gasteiger charge is 2.18. The van der Waals surface area contributed by atoms with Crippen molar-refractivity contribution in [3.05, 3.63) is 28.8 Å². The Kier molecular flexibility index (Phi) is 5.90. The molecule has 1 aliphatic rings. The fourth-order valence-corrected chi connectivity index (χ4v) is 3.36. The second-order valence-corrected chi connectivity index (χ2v) is 7.31. The van der Waals surface area contributed by atoms with Crippen molar-refractivity contribution >= 4 is 29.1 Å². The number of Topliss-reactive ketones (excluding diaryl/α,β-unsaturated/α-hetero) is 1. The van der Waals surface area contributed by atoms with Crippen LogP contribution < -0.4 is 5.32 Å². The Morgan fingerprint density at radius 2 is 2.10 bits per heavy atom. The van der Waals surface area contributed by atoms with Crippen molar-refractivity contribution < 1.29 is 4.79 Å². The van der Waals surface area contributed by atoms with Gasteiger partial charge in [0, 0.05) is 46.9 Å². The van der Waals surface area contributed by atoms with Gasteiger partial charge in [-0.05, 0) is 18.2 Å². The van der Waals surface area contributed by atoms with E-state index in [0.29, 0.717) is 16.8 Å². The van der Waals surface area contributed by atoms with Gasteiger partial charge in [-0.25, -0.2) is 0 Å². The van der Waals surface area contributed by atoms with Crippen molar-refractivity contribution in [3.8, 4) is 0 Å². The summed E-state index contributed by atoms with van der Waals surface area (Å²) < 4.78 is 0. The van der Waals surface area contributed by atoms with Gasteiger partial charge in [-0.2, -0.15) is 0 Å². The molecule has 1 N–H and O–H groups in total. The van der Waals surface area contributed by atoms with Crippen molar-refractivity contribution in [2.24, 2.45) is 0 Å². The van der Waals surface area contributed by atoms with Gasteiger partial charge >= 0.3 is 0 Å². The highest BCUT2D eigenvalue weighted by molar-refractivity contribution is 8.00. The van der Waals surface area contributed by atoms with Crippen LogP contribution in [0.25, 0.3) is 0 Å². The van der Waals surface area contributed by atoms with E-state index < -0.39 is 0 Å². The molecule has 1 aromatic rings. The Balaban J connectivity index is 2.12. The number of carbonyl (C=O) groups excluding carboxylic acids is 1. The molecule has 0 bridgehead atoms. The first-order chi connectivity index (χ1) is 9.56. The van der Waals surface area contributed by atoms with Crippen LogP contribution in [0, 0.1) is 0 Å². The molecule has 110 valence electrons. The third-order valence-corrected chi connectivity index (χ3v) is 4.50. The second kappa shape index (κ2) is 7.46. The quantitative estimate of drug-likeness (QED) is 0.669. The number of ketones is 1. The number of piperazine rings is 1. The van der Waals surface area contributed by atoms with E-state index in [-0.39, 0.29) is 5.78 Å². The largest absolute Gasteiger partial charge is 0.314 e. The smallest absolute Gasteiger partial charge is 0.177 e. The highest BCUT2D eigenvalue weighted by atomic mass is 35.5. The van der Waals surface area contributed by atoms with Crippen LogP contribution in [0.1, 0.15) is 24.2 Å². The van der Waals surface area contributed by atoms with Crippen LogP contribution in [0.15, 0.2) is 23.1 Å². The summed E-state index contributed by atoms with van der Waals surface area (Å²) in [6, 6.07) is 5.61. The maximum absolute atomic E-state index is 12.5. The maximum Gasteiger partial charge on any atom is 0.177 e. The van der Waals surface area contributed by atoms with Gasteiger partial charge < -0.3 is 5.32 Å². The van der Waals surface area contributed by atoms with Crippen LogP contribution >= 0.6 is 23.4 Å². The normalized spacial score (nSPS) is 16.6. The van der Waals surface area contributed by atoms with Gasteiger partial charge in [-0.15, -0.1) is 11.8 Å². The van der Waals surface area contributed by atoms with Gasteiger partial charge in [0.15, 0.2) is 5.78 Å². The van der Waals surface area contributed by atoms with E-state index in [2.05, 4.69) is 24.1 Å². The zero-order chi connectivity index (χ0) is 14.5. The Morgan fingerprint density at radius 1 is 1.40 bits per heavy atom. The molecule has 1 saturated heterocycles. The minimum absolute atomic E-state index is 0.164. The van der Waals surface area contributed by atoms with Crippen LogP contribution in [-0.4, -0.2) is 48.7 Å². The molecule has 3 nitrogen and oxygen atoms in total. The summed E-state index contributed by atoms with van der Waals surface area (Å²) in [6.45, 7) is 8.51. The van der Waals surface area contributed by atoms with Gasteiger partial charge in [0.1, 0.15) is 0 Å². The Bertz CT molecular complexity index is 473. The SMILES string of the molecule is CC(C)Sc1ccc(Cl)cc1C(=O)CN1CCNCC1. The van der Waals surface area contributed by atoms with Gasteiger partial charge in [0.2, 0.25) is 0 Å². The molecule has 2 rings (SSSR count). The molecule has 0 amide bonds. The molecular formula is C15H21ClN2OS. The van der Waals surface area contributed by atoms with Crippen molar-refractivity contribution in [1.29, 1.82) is 0 Å². The fourth-order valence-electron chi connectivity index (χ4n) is 2.23. The number of hydrogen-bond acceptors (Lipinski definition) is 4. The summed E-state index contributed by atoms with van der Waals surface area (Å²) in [5.41, 5.74) is 0.759. The molecular weight excluding hydrogens is 292 g/mol. The first-order valence-corrected chi connectivity index (χ1v) is 8.24. The molecule has 0 saturated carbocycles. The van der Waals surface area contributed by atoms with Crippen LogP contribution in [0.5, 0.6) is 0 Å². The molecule has 5 heteroatoms. The van der Waals surface area contributed by atoms with Gasteiger partial charge in [0.05, 0.1) is 6.54 Å². The third-order valence-electron chi connectivity index (χ3n) is 3.18. The van der Waals surface area contributed by atoms with Gasteiger partial charge in [-0.3, -0.25) is 9.69 Å². The number of carbonyl (C=O) groups is 1. The predicted octanol–water partition coefficient (Wildman–Crippen LogP) is 2.93. The minimum atomic E-state index is 0.164.